The van der Waals surface area contributed by atoms with Gasteiger partial charge in [0.05, 0.1) is 24.0 Å². The first-order valence-corrected chi connectivity index (χ1v) is 5.74. The molecule has 0 fully saturated rings. The summed E-state index contributed by atoms with van der Waals surface area (Å²) in [6.07, 6.45) is 1.51. The number of aromatic nitrogens is 1. The lowest BCUT2D eigenvalue weighted by Crippen LogP contribution is -2.09. The minimum absolute atomic E-state index is 0.0364. The fraction of sp³-hybridized carbons (Fsp3) is 0.143. The Kier molecular flexibility index (Phi) is 4.07. The van der Waals surface area contributed by atoms with Gasteiger partial charge in [0, 0.05) is 5.56 Å². The molecule has 19 heavy (non-hydrogen) atoms. The Bertz CT molecular complexity index is 570. The van der Waals surface area contributed by atoms with Gasteiger partial charge in [-0.25, -0.2) is 4.39 Å². The molecule has 0 aliphatic heterocycles. The highest BCUT2D eigenvalue weighted by Crippen LogP contribution is 2.09. The van der Waals surface area contributed by atoms with Crippen LogP contribution < -0.4 is 5.73 Å². The molecule has 0 aliphatic rings. The third-order valence-electron chi connectivity index (χ3n) is 2.52. The molecule has 2 rings (SSSR count). The van der Waals surface area contributed by atoms with E-state index >= 15 is 0 Å². The lowest BCUT2D eigenvalue weighted by Gasteiger charge is -2.05. The highest BCUT2D eigenvalue weighted by Gasteiger charge is 2.08. The maximum atomic E-state index is 13.3. The van der Waals surface area contributed by atoms with E-state index in [0.717, 1.165) is 0 Å². The number of halogens is 1. The van der Waals surface area contributed by atoms with E-state index in [0.29, 0.717) is 16.9 Å². The first kappa shape index (κ1) is 13.0. The average molecular weight is 260 g/mol. The van der Waals surface area contributed by atoms with Crippen molar-refractivity contribution in [3.05, 3.63) is 59.7 Å². The Morgan fingerprint density at radius 2 is 2.05 bits per heavy atom. The summed E-state index contributed by atoms with van der Waals surface area (Å²) in [6.45, 7) is -0.0829. The van der Waals surface area contributed by atoms with E-state index in [2.05, 4.69) is 4.98 Å². The number of carbonyl (C=O) groups excluding carboxylic acids is 1. The first-order valence-electron chi connectivity index (χ1n) is 5.74. The predicted molar refractivity (Wildman–Crippen MR) is 68.5 cm³/mol. The van der Waals surface area contributed by atoms with Crippen LogP contribution in [0.3, 0.4) is 0 Å². The minimum atomic E-state index is -0.458. The van der Waals surface area contributed by atoms with Gasteiger partial charge in [-0.15, -0.1) is 0 Å². The molecule has 0 aliphatic carbocycles. The van der Waals surface area contributed by atoms with Gasteiger partial charge in [-0.2, -0.15) is 0 Å². The summed E-state index contributed by atoms with van der Waals surface area (Å²) in [5.41, 5.74) is 6.93. The van der Waals surface area contributed by atoms with Crippen LogP contribution in [0, 0.1) is 5.82 Å². The summed E-state index contributed by atoms with van der Waals surface area (Å²) in [6, 6.07) is 9.48. The average Bonchev–Trinajstić information content (AvgIpc) is 2.40. The lowest BCUT2D eigenvalue weighted by atomic mass is 10.2. The second-order valence-corrected chi connectivity index (χ2v) is 4.01. The normalized spacial score (nSPS) is 10.2. The van der Waals surface area contributed by atoms with Crippen LogP contribution in [-0.2, 0) is 22.6 Å². The summed E-state index contributed by atoms with van der Waals surface area (Å²) in [7, 11) is 0. The molecule has 2 N–H and O–H groups in total. The lowest BCUT2D eigenvalue weighted by molar-refractivity contribution is -0.144. The van der Waals surface area contributed by atoms with Crippen molar-refractivity contribution in [3.8, 4) is 0 Å². The fourth-order valence-corrected chi connectivity index (χ4v) is 1.51. The highest BCUT2D eigenvalue weighted by atomic mass is 19.1. The van der Waals surface area contributed by atoms with Crippen molar-refractivity contribution < 1.29 is 13.9 Å². The van der Waals surface area contributed by atoms with Gasteiger partial charge in [-0.1, -0.05) is 18.2 Å². The summed E-state index contributed by atoms with van der Waals surface area (Å²) >= 11 is 0. The van der Waals surface area contributed by atoms with Crippen LogP contribution in [0.5, 0.6) is 0 Å². The van der Waals surface area contributed by atoms with Crippen LogP contribution in [-0.4, -0.2) is 11.0 Å². The molecular weight excluding hydrogens is 247 g/mol. The van der Waals surface area contributed by atoms with Crippen molar-refractivity contribution in [2.45, 2.75) is 13.0 Å². The standard InChI is InChI=1S/C14H13FN2O2/c15-13-4-2-1-3-10(13)9-19-14(18)7-12-6-5-11(16)8-17-12/h1-6,8H,7,9,16H2. The van der Waals surface area contributed by atoms with Gasteiger partial charge in [-0.05, 0) is 18.2 Å². The third-order valence-corrected chi connectivity index (χ3v) is 2.52. The van der Waals surface area contributed by atoms with E-state index < -0.39 is 5.97 Å². The number of nitrogens with two attached hydrogens (primary N) is 1. The molecule has 98 valence electrons. The number of hydrogen-bond acceptors (Lipinski definition) is 4. The summed E-state index contributed by atoms with van der Waals surface area (Å²) in [5.74, 6) is -0.846. The molecule has 1 heterocycles. The second-order valence-electron chi connectivity index (χ2n) is 4.01. The fourth-order valence-electron chi connectivity index (χ4n) is 1.51. The maximum absolute atomic E-state index is 13.3. The molecule has 0 atom stereocenters. The van der Waals surface area contributed by atoms with Gasteiger partial charge in [0.15, 0.2) is 0 Å². The number of rotatable bonds is 4. The summed E-state index contributed by atoms with van der Waals surface area (Å²) < 4.78 is 18.3. The molecule has 0 spiro atoms. The van der Waals surface area contributed by atoms with E-state index in [4.69, 9.17) is 10.5 Å². The van der Waals surface area contributed by atoms with E-state index in [1.165, 1.54) is 12.3 Å². The minimum Gasteiger partial charge on any atom is -0.460 e. The molecule has 1 aromatic carbocycles. The summed E-state index contributed by atoms with van der Waals surface area (Å²) in [4.78, 5) is 15.6. The Labute approximate surface area is 110 Å². The van der Waals surface area contributed by atoms with Gasteiger partial charge < -0.3 is 10.5 Å². The monoisotopic (exact) mass is 260 g/mol. The van der Waals surface area contributed by atoms with E-state index in [-0.39, 0.29) is 18.8 Å². The second kappa shape index (κ2) is 5.95. The van der Waals surface area contributed by atoms with E-state index in [1.807, 2.05) is 0 Å². The molecule has 4 nitrogen and oxygen atoms in total. The topological polar surface area (TPSA) is 65.2 Å². The van der Waals surface area contributed by atoms with Crippen LogP contribution in [0.1, 0.15) is 11.3 Å². The zero-order valence-corrected chi connectivity index (χ0v) is 10.2. The van der Waals surface area contributed by atoms with Gasteiger partial charge in [0.25, 0.3) is 0 Å². The number of hydrogen-bond donors (Lipinski definition) is 1. The van der Waals surface area contributed by atoms with Crippen LogP contribution >= 0.6 is 0 Å². The first-order chi connectivity index (χ1) is 9.15. The van der Waals surface area contributed by atoms with E-state index in [9.17, 15) is 9.18 Å². The van der Waals surface area contributed by atoms with Gasteiger partial charge >= 0.3 is 5.97 Å². The zero-order chi connectivity index (χ0) is 13.7. The van der Waals surface area contributed by atoms with Gasteiger partial charge in [-0.3, -0.25) is 9.78 Å². The SMILES string of the molecule is Nc1ccc(CC(=O)OCc2ccccc2F)nc1. The number of ether oxygens (including phenoxy) is 1. The molecule has 0 saturated heterocycles. The van der Waals surface area contributed by atoms with Crippen LogP contribution in [0.25, 0.3) is 0 Å². The largest absolute Gasteiger partial charge is 0.460 e. The van der Waals surface area contributed by atoms with Crippen molar-refractivity contribution >= 4 is 11.7 Å². The molecule has 0 radical (unpaired) electrons. The smallest absolute Gasteiger partial charge is 0.312 e. The van der Waals surface area contributed by atoms with Crippen molar-refractivity contribution in [3.63, 3.8) is 0 Å². The summed E-state index contributed by atoms with van der Waals surface area (Å²) in [5, 5.41) is 0. The molecule has 0 saturated carbocycles. The van der Waals surface area contributed by atoms with Crippen LogP contribution in [0.2, 0.25) is 0 Å². The molecule has 1 aromatic heterocycles. The predicted octanol–water partition coefficient (Wildman–Crippen LogP) is 2.09. The van der Waals surface area contributed by atoms with Crippen molar-refractivity contribution in [1.82, 2.24) is 4.98 Å². The molecule has 2 aromatic rings. The third kappa shape index (κ3) is 3.77. The Hall–Kier alpha value is -2.43. The van der Waals surface area contributed by atoms with E-state index in [1.54, 1.807) is 30.3 Å². The van der Waals surface area contributed by atoms with Gasteiger partial charge in [0.1, 0.15) is 12.4 Å². The van der Waals surface area contributed by atoms with Crippen molar-refractivity contribution in [1.29, 1.82) is 0 Å². The highest BCUT2D eigenvalue weighted by molar-refractivity contribution is 5.72. The number of anilines is 1. The molecule has 0 amide bonds. The maximum Gasteiger partial charge on any atom is 0.312 e. The quantitative estimate of drug-likeness (QED) is 0.855. The molecule has 0 unspecified atom stereocenters. The van der Waals surface area contributed by atoms with Crippen molar-refractivity contribution in [2.24, 2.45) is 0 Å². The van der Waals surface area contributed by atoms with Crippen molar-refractivity contribution in [2.75, 3.05) is 5.73 Å². The van der Waals surface area contributed by atoms with Crippen LogP contribution in [0.4, 0.5) is 10.1 Å². The van der Waals surface area contributed by atoms with Crippen LogP contribution in [0.15, 0.2) is 42.6 Å². The Morgan fingerprint density at radius 1 is 1.26 bits per heavy atom. The van der Waals surface area contributed by atoms with Gasteiger partial charge in [0.2, 0.25) is 0 Å². The molecule has 5 heteroatoms. The Morgan fingerprint density at radius 3 is 2.74 bits per heavy atom. The molecular formula is C14H13FN2O2. The number of nitrogen functional groups attached to an aromatic ring is 1. The number of carbonyl (C=O) groups is 1. The zero-order valence-electron chi connectivity index (χ0n) is 10.2. The number of benzene rings is 1. The Balaban J connectivity index is 1.88. The number of nitrogens with zero attached hydrogens (tertiary/aromatic N) is 1. The number of pyridine rings is 1. The number of esters is 1. The molecule has 0 bridgehead atoms.